The first-order valence-corrected chi connectivity index (χ1v) is 8.98. The quantitative estimate of drug-likeness (QED) is 0.447. The number of hydrogen-bond acceptors (Lipinski definition) is 8. The molecule has 1 aromatic heterocycles. The van der Waals surface area contributed by atoms with Gasteiger partial charge >= 0.3 is 0 Å². The van der Waals surface area contributed by atoms with Gasteiger partial charge in [-0.25, -0.2) is 0 Å². The van der Waals surface area contributed by atoms with Crippen LogP contribution in [0.15, 0.2) is 70.2 Å². The highest BCUT2D eigenvalue weighted by atomic mass is 16.6. The van der Waals surface area contributed by atoms with E-state index in [0.717, 1.165) is 5.01 Å². The molecular weight excluding hydrogens is 408 g/mol. The van der Waals surface area contributed by atoms with Crippen molar-refractivity contribution in [2.45, 2.75) is 13.2 Å². The number of carbonyl (C=O) groups excluding carboxylic acids is 1. The van der Waals surface area contributed by atoms with E-state index >= 15 is 0 Å². The van der Waals surface area contributed by atoms with E-state index in [-0.39, 0.29) is 23.0 Å². The van der Waals surface area contributed by atoms with Gasteiger partial charge in [0.2, 0.25) is 11.8 Å². The number of nitro benzene ring substituents is 2. The molecule has 3 aromatic rings. The van der Waals surface area contributed by atoms with Gasteiger partial charge in [-0.3, -0.25) is 25.0 Å². The summed E-state index contributed by atoms with van der Waals surface area (Å²) in [6.07, 6.45) is -1.03. The molecule has 0 radical (unpaired) electrons. The Morgan fingerprint density at radius 1 is 0.968 bits per heavy atom. The van der Waals surface area contributed by atoms with Gasteiger partial charge in [0.05, 0.1) is 9.85 Å². The molecule has 0 unspecified atom stereocenters. The Hall–Kier alpha value is -4.54. The topological polar surface area (TPSA) is 141 Å². The predicted octanol–water partition coefficient (Wildman–Crippen LogP) is 4.00. The van der Waals surface area contributed by atoms with E-state index in [1.54, 1.807) is 24.3 Å². The Kier molecular flexibility index (Phi) is 4.91. The van der Waals surface area contributed by atoms with Crippen LogP contribution in [0.1, 0.15) is 24.5 Å². The number of nitrogens with zero attached hydrogens (tertiary/aromatic N) is 4. The van der Waals surface area contributed by atoms with Gasteiger partial charge in [-0.05, 0) is 18.2 Å². The van der Waals surface area contributed by atoms with Crippen molar-refractivity contribution in [3.05, 3.63) is 92.2 Å². The molecule has 1 amide bonds. The molecule has 0 aliphatic carbocycles. The van der Waals surface area contributed by atoms with Gasteiger partial charge in [-0.15, -0.1) is 5.10 Å². The molecule has 156 valence electrons. The van der Waals surface area contributed by atoms with E-state index in [0.29, 0.717) is 16.9 Å². The smallest absolute Gasteiger partial charge is 0.270 e. The van der Waals surface area contributed by atoms with Crippen molar-refractivity contribution in [2.75, 3.05) is 0 Å². The Labute approximate surface area is 174 Å². The van der Waals surface area contributed by atoms with Crippen LogP contribution in [0.5, 0.6) is 0 Å². The average Bonchev–Trinajstić information content (AvgIpc) is 3.41. The van der Waals surface area contributed by atoms with Crippen LogP contribution in [0.4, 0.5) is 11.4 Å². The highest BCUT2D eigenvalue weighted by Gasteiger charge is 2.36. The van der Waals surface area contributed by atoms with Crippen molar-refractivity contribution >= 4 is 23.2 Å². The largest absolute Gasteiger partial charge is 0.455 e. The second-order valence-corrected chi connectivity index (χ2v) is 6.56. The number of furan rings is 1. The van der Waals surface area contributed by atoms with Gasteiger partial charge in [0.25, 0.3) is 17.6 Å². The lowest BCUT2D eigenvalue weighted by Gasteiger charge is -2.16. The molecule has 1 aliphatic heterocycles. The standard InChI is InChI=1S/C20H14N4O7/c1-12(25)22-20(31-19(21-22)14-5-3-7-16(11-14)24(28)29)18-9-8-17(30-18)13-4-2-6-15(10-13)23(26)27/h2-11,20H,1H3/t20-/m0/s1. The van der Waals surface area contributed by atoms with Gasteiger partial charge in [0.15, 0.2) is 5.76 Å². The van der Waals surface area contributed by atoms with E-state index < -0.39 is 22.0 Å². The van der Waals surface area contributed by atoms with E-state index in [1.165, 1.54) is 43.3 Å². The fraction of sp³-hybridized carbons (Fsp3) is 0.100. The van der Waals surface area contributed by atoms with Crippen molar-refractivity contribution in [3.63, 3.8) is 0 Å². The summed E-state index contributed by atoms with van der Waals surface area (Å²) in [6.45, 7) is 1.29. The monoisotopic (exact) mass is 422 g/mol. The lowest BCUT2D eigenvalue weighted by molar-refractivity contribution is -0.385. The van der Waals surface area contributed by atoms with Gasteiger partial charge in [-0.1, -0.05) is 18.2 Å². The molecule has 11 heteroatoms. The molecular formula is C20H14N4O7. The number of hydrazone groups is 1. The number of hydrogen-bond donors (Lipinski definition) is 0. The zero-order chi connectivity index (χ0) is 22.1. The van der Waals surface area contributed by atoms with E-state index in [4.69, 9.17) is 9.15 Å². The third-order valence-electron chi connectivity index (χ3n) is 4.48. The summed E-state index contributed by atoms with van der Waals surface area (Å²) in [6, 6.07) is 14.8. The molecule has 4 rings (SSSR count). The van der Waals surface area contributed by atoms with Crippen LogP contribution < -0.4 is 0 Å². The second-order valence-electron chi connectivity index (χ2n) is 6.56. The lowest BCUT2D eigenvalue weighted by Crippen LogP contribution is -2.24. The highest BCUT2D eigenvalue weighted by Crippen LogP contribution is 2.34. The van der Waals surface area contributed by atoms with Crippen molar-refractivity contribution in [1.29, 1.82) is 0 Å². The molecule has 0 fully saturated rings. The van der Waals surface area contributed by atoms with Crippen LogP contribution in [0.25, 0.3) is 11.3 Å². The summed E-state index contributed by atoms with van der Waals surface area (Å²) in [7, 11) is 0. The van der Waals surface area contributed by atoms with Crippen LogP contribution in [0.2, 0.25) is 0 Å². The maximum absolute atomic E-state index is 12.1. The van der Waals surface area contributed by atoms with Crippen molar-refractivity contribution in [2.24, 2.45) is 5.10 Å². The first kappa shape index (κ1) is 19.8. The number of ether oxygens (including phenoxy) is 1. The number of carbonyl (C=O) groups is 1. The third-order valence-corrected chi connectivity index (χ3v) is 4.48. The minimum absolute atomic E-state index is 0.0252. The fourth-order valence-corrected chi connectivity index (χ4v) is 3.04. The Morgan fingerprint density at radius 2 is 1.58 bits per heavy atom. The Bertz CT molecular complexity index is 1230. The number of rotatable bonds is 5. The normalized spacial score (nSPS) is 15.3. The van der Waals surface area contributed by atoms with Crippen molar-refractivity contribution < 1.29 is 23.8 Å². The minimum Gasteiger partial charge on any atom is -0.455 e. The first-order valence-electron chi connectivity index (χ1n) is 8.98. The molecule has 11 nitrogen and oxygen atoms in total. The van der Waals surface area contributed by atoms with Crippen LogP contribution >= 0.6 is 0 Å². The van der Waals surface area contributed by atoms with Crippen LogP contribution in [0, 0.1) is 20.2 Å². The molecule has 2 aromatic carbocycles. The second kappa shape index (κ2) is 7.71. The van der Waals surface area contributed by atoms with Gasteiger partial charge < -0.3 is 9.15 Å². The van der Waals surface area contributed by atoms with Gasteiger partial charge in [0.1, 0.15) is 5.76 Å². The summed E-state index contributed by atoms with van der Waals surface area (Å²) in [5.41, 5.74) is 0.572. The molecule has 0 spiro atoms. The summed E-state index contributed by atoms with van der Waals surface area (Å²) < 4.78 is 11.6. The average molecular weight is 422 g/mol. The number of non-ortho nitro benzene ring substituents is 2. The molecule has 2 heterocycles. The molecule has 0 bridgehead atoms. The van der Waals surface area contributed by atoms with Gasteiger partial charge in [0, 0.05) is 42.3 Å². The molecule has 1 atom stereocenters. The maximum atomic E-state index is 12.1. The zero-order valence-electron chi connectivity index (χ0n) is 16.0. The third kappa shape index (κ3) is 3.83. The van der Waals surface area contributed by atoms with E-state index in [2.05, 4.69) is 5.10 Å². The van der Waals surface area contributed by atoms with Crippen LogP contribution in [-0.4, -0.2) is 26.7 Å². The first-order chi connectivity index (χ1) is 14.8. The van der Waals surface area contributed by atoms with Crippen LogP contribution in [0.3, 0.4) is 0 Å². The highest BCUT2D eigenvalue weighted by molar-refractivity contribution is 5.96. The summed E-state index contributed by atoms with van der Waals surface area (Å²) >= 11 is 0. The zero-order valence-corrected chi connectivity index (χ0v) is 16.0. The summed E-state index contributed by atoms with van der Waals surface area (Å²) in [5, 5.41) is 27.2. The predicted molar refractivity (Wildman–Crippen MR) is 107 cm³/mol. The van der Waals surface area contributed by atoms with Gasteiger partial charge in [-0.2, -0.15) is 5.01 Å². The van der Waals surface area contributed by atoms with Crippen LogP contribution in [-0.2, 0) is 9.53 Å². The molecule has 0 N–H and O–H groups in total. The van der Waals surface area contributed by atoms with E-state index in [9.17, 15) is 25.0 Å². The maximum Gasteiger partial charge on any atom is 0.270 e. The number of benzene rings is 2. The molecule has 1 aliphatic rings. The SMILES string of the molecule is CC(=O)N1N=C(c2cccc([N+](=O)[O-])c2)O[C@H]1c1ccc(-c2cccc([N+](=O)[O-])c2)o1. The van der Waals surface area contributed by atoms with E-state index in [1.807, 2.05) is 0 Å². The minimum atomic E-state index is -1.03. The lowest BCUT2D eigenvalue weighted by atomic mass is 10.1. The summed E-state index contributed by atoms with van der Waals surface area (Å²) in [4.78, 5) is 33.1. The fourth-order valence-electron chi connectivity index (χ4n) is 3.04. The van der Waals surface area contributed by atoms with Crippen molar-refractivity contribution in [3.8, 4) is 11.3 Å². The summed E-state index contributed by atoms with van der Waals surface area (Å²) in [5.74, 6) is 0.173. The Balaban J connectivity index is 1.64. The number of nitro groups is 2. The molecule has 0 saturated carbocycles. The molecule has 0 saturated heterocycles. The Morgan fingerprint density at radius 3 is 2.19 bits per heavy atom. The van der Waals surface area contributed by atoms with Crippen molar-refractivity contribution in [1.82, 2.24) is 5.01 Å². The number of amides is 1. The molecule has 31 heavy (non-hydrogen) atoms.